The summed E-state index contributed by atoms with van der Waals surface area (Å²) in [4.78, 5) is 14.8. The van der Waals surface area contributed by atoms with Gasteiger partial charge in [0, 0.05) is 11.8 Å². The Morgan fingerprint density at radius 3 is 2.87 bits per heavy atom. The largest absolute Gasteiger partial charge is 0.477 e. The summed E-state index contributed by atoms with van der Waals surface area (Å²) in [7, 11) is 0. The summed E-state index contributed by atoms with van der Waals surface area (Å²) < 4.78 is 1.59. The fraction of sp³-hybridized carbons (Fsp3) is 0.300. The Morgan fingerprint density at radius 2 is 2.27 bits per heavy atom. The highest BCUT2D eigenvalue weighted by Gasteiger charge is 2.12. The lowest BCUT2D eigenvalue weighted by Gasteiger charge is -2.01. The normalized spacial score (nSPS) is 11.1. The van der Waals surface area contributed by atoms with Gasteiger partial charge in [-0.2, -0.15) is 5.10 Å². The van der Waals surface area contributed by atoms with E-state index in [1.807, 2.05) is 13.8 Å². The number of hydrogen-bond donors (Lipinski definition) is 1. The Bertz CT molecular complexity index is 516. The number of nitrogens with zero attached hydrogens (tertiary/aromatic N) is 3. The lowest BCUT2D eigenvalue weighted by molar-refractivity contribution is 0.0690. The van der Waals surface area contributed by atoms with E-state index < -0.39 is 5.97 Å². The van der Waals surface area contributed by atoms with Crippen LogP contribution in [0.25, 0.3) is 5.65 Å². The van der Waals surface area contributed by atoms with Crippen molar-refractivity contribution < 1.29 is 9.90 Å². The van der Waals surface area contributed by atoms with Crippen molar-refractivity contribution in [2.75, 3.05) is 0 Å². The van der Waals surface area contributed by atoms with Crippen molar-refractivity contribution in [2.24, 2.45) is 0 Å². The SMILES string of the molecule is CC(C)c1cnn2ccc(C(=O)O)nc12. The van der Waals surface area contributed by atoms with E-state index in [0.717, 1.165) is 5.56 Å². The van der Waals surface area contributed by atoms with Gasteiger partial charge in [-0.15, -0.1) is 0 Å². The predicted molar refractivity (Wildman–Crippen MR) is 54.0 cm³/mol. The molecule has 2 heterocycles. The monoisotopic (exact) mass is 205 g/mol. The van der Waals surface area contributed by atoms with Crippen LogP contribution >= 0.6 is 0 Å². The molecule has 0 spiro atoms. The van der Waals surface area contributed by atoms with Gasteiger partial charge in [0.25, 0.3) is 0 Å². The summed E-state index contributed by atoms with van der Waals surface area (Å²) in [6.07, 6.45) is 3.33. The number of rotatable bonds is 2. The molecule has 0 radical (unpaired) electrons. The van der Waals surface area contributed by atoms with Crippen LogP contribution in [0.15, 0.2) is 18.5 Å². The minimum absolute atomic E-state index is 0.0462. The zero-order valence-corrected chi connectivity index (χ0v) is 8.51. The molecule has 5 nitrogen and oxygen atoms in total. The van der Waals surface area contributed by atoms with Crippen molar-refractivity contribution in [1.29, 1.82) is 0 Å². The molecular weight excluding hydrogens is 194 g/mol. The molecule has 0 amide bonds. The van der Waals surface area contributed by atoms with E-state index in [1.165, 1.54) is 6.07 Å². The molecule has 78 valence electrons. The van der Waals surface area contributed by atoms with Crippen LogP contribution in [0.1, 0.15) is 35.8 Å². The second-order valence-electron chi connectivity index (χ2n) is 3.64. The number of carbonyl (C=O) groups is 1. The molecule has 0 aliphatic rings. The highest BCUT2D eigenvalue weighted by molar-refractivity contribution is 5.85. The Kier molecular flexibility index (Phi) is 2.15. The topological polar surface area (TPSA) is 67.5 Å². The van der Waals surface area contributed by atoms with Crippen LogP contribution in [0.3, 0.4) is 0 Å². The summed E-state index contributed by atoms with van der Waals surface area (Å²) in [5, 5.41) is 12.9. The summed E-state index contributed by atoms with van der Waals surface area (Å²) in [5.74, 6) is -0.743. The number of carboxylic acids is 1. The second-order valence-corrected chi connectivity index (χ2v) is 3.64. The number of aromatic nitrogens is 3. The van der Waals surface area contributed by atoms with Gasteiger partial charge < -0.3 is 5.11 Å². The van der Waals surface area contributed by atoms with Gasteiger partial charge in [0.1, 0.15) is 0 Å². The zero-order chi connectivity index (χ0) is 11.0. The molecule has 5 heteroatoms. The Balaban J connectivity index is 2.66. The highest BCUT2D eigenvalue weighted by atomic mass is 16.4. The lowest BCUT2D eigenvalue weighted by Crippen LogP contribution is -2.03. The Labute approximate surface area is 86.4 Å². The molecule has 15 heavy (non-hydrogen) atoms. The van der Waals surface area contributed by atoms with Gasteiger partial charge in [-0.1, -0.05) is 13.8 Å². The smallest absolute Gasteiger partial charge is 0.354 e. The third-order valence-corrected chi connectivity index (χ3v) is 2.24. The molecule has 0 bridgehead atoms. The Hall–Kier alpha value is -1.91. The summed E-state index contributed by atoms with van der Waals surface area (Å²) in [6.45, 7) is 4.04. The van der Waals surface area contributed by atoms with E-state index >= 15 is 0 Å². The average molecular weight is 205 g/mol. The molecule has 0 saturated heterocycles. The maximum atomic E-state index is 10.8. The van der Waals surface area contributed by atoms with Crippen molar-refractivity contribution in [3.05, 3.63) is 29.7 Å². The van der Waals surface area contributed by atoms with Crippen molar-refractivity contribution >= 4 is 11.6 Å². The molecule has 0 fully saturated rings. The van der Waals surface area contributed by atoms with E-state index in [1.54, 1.807) is 16.9 Å². The Morgan fingerprint density at radius 1 is 1.53 bits per heavy atom. The maximum absolute atomic E-state index is 10.8. The fourth-order valence-electron chi connectivity index (χ4n) is 1.41. The van der Waals surface area contributed by atoms with E-state index in [-0.39, 0.29) is 11.6 Å². The molecule has 0 saturated carbocycles. The zero-order valence-electron chi connectivity index (χ0n) is 8.51. The number of fused-ring (bicyclic) bond motifs is 1. The number of aromatic carboxylic acids is 1. The molecule has 0 atom stereocenters. The van der Waals surface area contributed by atoms with Crippen LogP contribution in [0.5, 0.6) is 0 Å². The van der Waals surface area contributed by atoms with Crippen LogP contribution in [0.4, 0.5) is 0 Å². The minimum atomic E-state index is -1.02. The predicted octanol–water partition coefficient (Wildman–Crippen LogP) is 1.55. The molecular formula is C10H11N3O2. The quantitative estimate of drug-likeness (QED) is 0.807. The summed E-state index contributed by atoms with van der Waals surface area (Å²) in [5.41, 5.74) is 1.62. The van der Waals surface area contributed by atoms with Crippen molar-refractivity contribution in [3.63, 3.8) is 0 Å². The molecule has 0 aliphatic heterocycles. The van der Waals surface area contributed by atoms with Crippen LogP contribution in [0.2, 0.25) is 0 Å². The highest BCUT2D eigenvalue weighted by Crippen LogP contribution is 2.18. The first-order chi connectivity index (χ1) is 7.09. The molecule has 2 aromatic rings. The second kappa shape index (κ2) is 3.34. The van der Waals surface area contributed by atoms with Gasteiger partial charge in [0.15, 0.2) is 11.3 Å². The van der Waals surface area contributed by atoms with E-state index in [4.69, 9.17) is 5.11 Å². The molecule has 0 aromatic carbocycles. The first-order valence-electron chi connectivity index (χ1n) is 4.67. The molecule has 2 rings (SSSR count). The van der Waals surface area contributed by atoms with Gasteiger partial charge in [-0.3, -0.25) is 0 Å². The maximum Gasteiger partial charge on any atom is 0.354 e. The number of carboxylic acid groups (broad SMARTS) is 1. The van der Waals surface area contributed by atoms with E-state index in [9.17, 15) is 4.79 Å². The lowest BCUT2D eigenvalue weighted by atomic mass is 10.1. The summed E-state index contributed by atoms with van der Waals surface area (Å²) >= 11 is 0. The van der Waals surface area contributed by atoms with Gasteiger partial charge in [0.05, 0.1) is 6.20 Å². The summed E-state index contributed by atoms with van der Waals surface area (Å²) in [6, 6.07) is 1.44. The third-order valence-electron chi connectivity index (χ3n) is 2.24. The van der Waals surface area contributed by atoms with Crippen molar-refractivity contribution in [2.45, 2.75) is 19.8 Å². The minimum Gasteiger partial charge on any atom is -0.477 e. The van der Waals surface area contributed by atoms with Crippen molar-refractivity contribution in [3.8, 4) is 0 Å². The molecule has 1 N–H and O–H groups in total. The third kappa shape index (κ3) is 1.56. The fourth-order valence-corrected chi connectivity index (χ4v) is 1.41. The van der Waals surface area contributed by atoms with Crippen LogP contribution in [0, 0.1) is 0 Å². The van der Waals surface area contributed by atoms with Crippen LogP contribution in [-0.4, -0.2) is 25.7 Å². The van der Waals surface area contributed by atoms with Crippen LogP contribution in [-0.2, 0) is 0 Å². The van der Waals surface area contributed by atoms with Gasteiger partial charge in [0.2, 0.25) is 0 Å². The number of hydrogen-bond acceptors (Lipinski definition) is 3. The standard InChI is InChI=1S/C10H11N3O2/c1-6(2)7-5-11-13-4-3-8(10(14)15)12-9(7)13/h3-6H,1-2H3,(H,14,15). The average Bonchev–Trinajstić information content (AvgIpc) is 2.59. The van der Waals surface area contributed by atoms with E-state index in [2.05, 4.69) is 10.1 Å². The van der Waals surface area contributed by atoms with Gasteiger partial charge >= 0.3 is 5.97 Å². The van der Waals surface area contributed by atoms with Crippen LogP contribution < -0.4 is 0 Å². The molecule has 2 aromatic heterocycles. The van der Waals surface area contributed by atoms with Gasteiger partial charge in [-0.05, 0) is 12.0 Å². The first kappa shape index (κ1) is 9.64. The van der Waals surface area contributed by atoms with Crippen molar-refractivity contribution in [1.82, 2.24) is 14.6 Å². The van der Waals surface area contributed by atoms with Gasteiger partial charge in [-0.25, -0.2) is 14.3 Å². The first-order valence-corrected chi connectivity index (χ1v) is 4.67. The van der Waals surface area contributed by atoms with E-state index in [0.29, 0.717) is 5.65 Å². The molecule has 0 aliphatic carbocycles. The molecule has 0 unspecified atom stereocenters.